The van der Waals surface area contributed by atoms with Gasteiger partial charge in [0.15, 0.2) is 12.4 Å². The summed E-state index contributed by atoms with van der Waals surface area (Å²) >= 11 is 0. The van der Waals surface area contributed by atoms with Crippen LogP contribution in [0.15, 0.2) is 65.2 Å². The summed E-state index contributed by atoms with van der Waals surface area (Å²) in [5.74, 6) is -1.12. The molecule has 0 atom stereocenters. The van der Waals surface area contributed by atoms with Crippen LogP contribution in [0.1, 0.15) is 29.8 Å². The lowest BCUT2D eigenvalue weighted by molar-refractivity contribution is -0.117. The number of ether oxygens (including phenoxy) is 1. The van der Waals surface area contributed by atoms with Gasteiger partial charge in [0.2, 0.25) is 10.0 Å². The van der Waals surface area contributed by atoms with Gasteiger partial charge in [0, 0.05) is 29.9 Å². The van der Waals surface area contributed by atoms with Crippen LogP contribution in [0, 0.1) is 0 Å². The zero-order valence-electron chi connectivity index (χ0n) is 17.3. The third-order valence-corrected chi connectivity index (χ3v) is 6.64. The number of anilines is 1. The Morgan fingerprint density at radius 2 is 1.83 bits per heavy atom. The van der Waals surface area contributed by atoms with E-state index in [9.17, 15) is 18.0 Å². The quantitative estimate of drug-likeness (QED) is 0.562. The van der Waals surface area contributed by atoms with Gasteiger partial charge in [0.1, 0.15) is 0 Å². The number of carbonyl (C=O) groups is 2. The Morgan fingerprint density at radius 3 is 2.50 bits per heavy atom. The molecule has 0 radical (unpaired) electrons. The molecule has 1 N–H and O–H groups in total. The molecule has 0 amide bonds. The first-order valence-corrected chi connectivity index (χ1v) is 10.8. The molecule has 2 aromatic rings. The van der Waals surface area contributed by atoms with Gasteiger partial charge >= 0.3 is 5.97 Å². The van der Waals surface area contributed by atoms with E-state index in [1.807, 2.05) is 50.1 Å². The number of nitrogens with one attached hydrogen (secondary N) is 1. The van der Waals surface area contributed by atoms with Crippen LogP contribution in [-0.2, 0) is 25.0 Å². The molecule has 0 saturated carbocycles. The molecule has 0 aliphatic carbocycles. The second-order valence-corrected chi connectivity index (χ2v) is 9.40. The van der Waals surface area contributed by atoms with Crippen LogP contribution in [0.2, 0.25) is 0 Å². The van der Waals surface area contributed by atoms with Crippen LogP contribution in [0.4, 0.5) is 5.69 Å². The van der Waals surface area contributed by atoms with Crippen LogP contribution in [0.3, 0.4) is 0 Å². The van der Waals surface area contributed by atoms with Gasteiger partial charge in [-0.2, -0.15) is 0 Å². The summed E-state index contributed by atoms with van der Waals surface area (Å²) in [6.07, 6.45) is 1.50. The molecule has 30 heavy (non-hydrogen) atoms. The number of carbonyl (C=O) groups excluding carboxylic acids is 2. The summed E-state index contributed by atoms with van der Waals surface area (Å²) in [6, 6.07) is 13.4. The Bertz CT molecular complexity index is 1140. The molecule has 2 aromatic carbocycles. The smallest absolute Gasteiger partial charge is 0.338 e. The van der Waals surface area contributed by atoms with E-state index in [2.05, 4.69) is 4.72 Å². The van der Waals surface area contributed by atoms with Gasteiger partial charge in [-0.25, -0.2) is 17.9 Å². The third kappa shape index (κ3) is 4.01. The first-order chi connectivity index (χ1) is 14.1. The van der Waals surface area contributed by atoms with Crippen molar-refractivity contribution in [3.8, 4) is 0 Å². The van der Waals surface area contributed by atoms with E-state index in [0.29, 0.717) is 0 Å². The zero-order chi connectivity index (χ0) is 22.1. The summed E-state index contributed by atoms with van der Waals surface area (Å²) in [5, 5.41) is 0. The molecule has 3 rings (SSSR count). The highest BCUT2D eigenvalue weighted by Crippen LogP contribution is 2.46. The average Bonchev–Trinajstić information content (AvgIpc) is 2.93. The second kappa shape index (κ2) is 8.04. The van der Waals surface area contributed by atoms with Crippen molar-refractivity contribution in [3.05, 3.63) is 71.4 Å². The predicted octanol–water partition coefficient (Wildman–Crippen LogP) is 2.63. The highest BCUT2D eigenvalue weighted by Gasteiger charge is 2.38. The minimum absolute atomic E-state index is 0.0532. The lowest BCUT2D eigenvalue weighted by atomic mass is 9.83. The third-order valence-electron chi connectivity index (χ3n) is 5.23. The number of fused-ring (bicyclic) bond motifs is 1. The summed E-state index contributed by atoms with van der Waals surface area (Å²) in [6.45, 7) is 3.63. The van der Waals surface area contributed by atoms with Gasteiger partial charge < -0.3 is 9.64 Å². The van der Waals surface area contributed by atoms with Gasteiger partial charge in [0.25, 0.3) is 0 Å². The fourth-order valence-corrected chi connectivity index (χ4v) is 4.36. The molecule has 0 spiro atoms. The van der Waals surface area contributed by atoms with Gasteiger partial charge in [-0.1, -0.05) is 38.1 Å². The molecule has 0 bridgehead atoms. The average molecular weight is 429 g/mol. The van der Waals surface area contributed by atoms with E-state index in [0.717, 1.165) is 16.9 Å². The lowest BCUT2D eigenvalue weighted by Gasteiger charge is -2.23. The topological polar surface area (TPSA) is 92.8 Å². The highest BCUT2D eigenvalue weighted by molar-refractivity contribution is 7.89. The van der Waals surface area contributed by atoms with E-state index in [1.165, 1.54) is 37.4 Å². The van der Waals surface area contributed by atoms with Crippen molar-refractivity contribution in [2.24, 2.45) is 0 Å². The number of likely N-dealkylation sites (N-methyl/N-ethyl adjacent to an activating group) is 1. The summed E-state index contributed by atoms with van der Waals surface area (Å²) in [7, 11) is -0.507. The number of esters is 1. The Labute approximate surface area is 176 Å². The van der Waals surface area contributed by atoms with Crippen LogP contribution < -0.4 is 9.62 Å². The van der Waals surface area contributed by atoms with Crippen molar-refractivity contribution in [3.63, 3.8) is 0 Å². The number of para-hydroxylation sites is 1. The highest BCUT2D eigenvalue weighted by atomic mass is 32.2. The van der Waals surface area contributed by atoms with E-state index < -0.39 is 22.6 Å². The maximum atomic E-state index is 12.5. The molecule has 1 heterocycles. The molecule has 0 saturated heterocycles. The molecule has 0 unspecified atom stereocenters. The number of benzene rings is 2. The Kier molecular flexibility index (Phi) is 5.83. The number of ketones is 1. The second-order valence-electron chi connectivity index (χ2n) is 7.51. The number of allylic oxidation sites excluding steroid dienone is 1. The Hall–Kier alpha value is -2.97. The molecule has 0 fully saturated rings. The monoisotopic (exact) mass is 428 g/mol. The van der Waals surface area contributed by atoms with E-state index >= 15 is 0 Å². The minimum Gasteiger partial charge on any atom is -0.454 e. The molecular weight excluding hydrogens is 404 g/mol. The maximum absolute atomic E-state index is 12.5. The number of sulfonamides is 1. The molecular formula is C22H24N2O5S. The SMILES string of the molecule is CNS(=O)(=O)c1cccc(C(=O)OCC(=O)/C=C2/N(C)c3ccccc3C2(C)C)c1. The van der Waals surface area contributed by atoms with E-state index in [4.69, 9.17) is 4.74 Å². The number of rotatable bonds is 6. The van der Waals surface area contributed by atoms with Crippen molar-refractivity contribution in [2.75, 3.05) is 25.6 Å². The maximum Gasteiger partial charge on any atom is 0.338 e. The minimum atomic E-state index is -3.69. The summed E-state index contributed by atoms with van der Waals surface area (Å²) < 4.78 is 31.1. The molecule has 1 aliphatic heterocycles. The molecule has 8 heteroatoms. The van der Waals surface area contributed by atoms with Crippen LogP contribution in [0.25, 0.3) is 0 Å². The lowest BCUT2D eigenvalue weighted by Crippen LogP contribution is -2.25. The molecule has 7 nitrogen and oxygen atoms in total. The predicted molar refractivity (Wildman–Crippen MR) is 114 cm³/mol. The summed E-state index contributed by atoms with van der Waals surface area (Å²) in [4.78, 5) is 26.7. The van der Waals surface area contributed by atoms with Crippen molar-refractivity contribution in [1.29, 1.82) is 0 Å². The molecule has 158 valence electrons. The van der Waals surface area contributed by atoms with Gasteiger partial charge in [0.05, 0.1) is 10.5 Å². The van der Waals surface area contributed by atoms with Gasteiger partial charge in [-0.05, 0) is 36.9 Å². The first kappa shape index (κ1) is 21.7. The Balaban J connectivity index is 1.73. The molecule has 1 aliphatic rings. The van der Waals surface area contributed by atoms with Crippen molar-refractivity contribution >= 4 is 27.5 Å². The normalized spacial score (nSPS) is 16.4. The zero-order valence-corrected chi connectivity index (χ0v) is 18.1. The fourth-order valence-electron chi connectivity index (χ4n) is 3.58. The van der Waals surface area contributed by atoms with Crippen LogP contribution in [-0.4, -0.2) is 40.9 Å². The van der Waals surface area contributed by atoms with E-state index in [-0.39, 0.29) is 21.7 Å². The van der Waals surface area contributed by atoms with Gasteiger partial charge in [-0.15, -0.1) is 0 Å². The van der Waals surface area contributed by atoms with Crippen LogP contribution in [0.5, 0.6) is 0 Å². The summed E-state index contributed by atoms with van der Waals surface area (Å²) in [5.41, 5.74) is 2.65. The standard InChI is InChI=1S/C22H24N2O5S/c1-22(2)18-10-5-6-11-19(18)24(4)20(22)13-16(25)14-29-21(26)15-8-7-9-17(12-15)30(27,28)23-3/h5-13,23H,14H2,1-4H3/b20-13+. The van der Waals surface area contributed by atoms with Crippen molar-refractivity contribution in [1.82, 2.24) is 4.72 Å². The molecule has 0 aromatic heterocycles. The number of hydrogen-bond acceptors (Lipinski definition) is 6. The van der Waals surface area contributed by atoms with Crippen molar-refractivity contribution in [2.45, 2.75) is 24.2 Å². The largest absolute Gasteiger partial charge is 0.454 e. The van der Waals surface area contributed by atoms with Crippen molar-refractivity contribution < 1.29 is 22.7 Å². The Morgan fingerprint density at radius 1 is 1.13 bits per heavy atom. The van der Waals surface area contributed by atoms with Crippen LogP contribution >= 0.6 is 0 Å². The first-order valence-electron chi connectivity index (χ1n) is 9.37. The van der Waals surface area contributed by atoms with E-state index in [1.54, 1.807) is 0 Å². The van der Waals surface area contributed by atoms with Gasteiger partial charge in [-0.3, -0.25) is 4.79 Å². The number of nitrogens with zero attached hydrogens (tertiary/aromatic N) is 1. The fraction of sp³-hybridized carbons (Fsp3) is 0.273. The number of hydrogen-bond donors (Lipinski definition) is 1.